The Kier molecular flexibility index (Phi) is 3.62. The Morgan fingerprint density at radius 2 is 2.08 bits per heavy atom. The molecular formula is C11H19N. The molecule has 0 aromatic heterocycles. The first-order chi connectivity index (χ1) is 5.68. The Morgan fingerprint density at radius 3 is 2.67 bits per heavy atom. The monoisotopic (exact) mass is 165 g/mol. The molecule has 1 fully saturated rings. The summed E-state index contributed by atoms with van der Waals surface area (Å²) < 4.78 is 0. The third-order valence-corrected chi connectivity index (χ3v) is 2.29. The predicted molar refractivity (Wildman–Crippen MR) is 52.5 cm³/mol. The highest BCUT2D eigenvalue weighted by Gasteiger charge is 2.16. The summed E-state index contributed by atoms with van der Waals surface area (Å²) in [6.45, 7) is 4.27. The van der Waals surface area contributed by atoms with Crippen LogP contribution in [0.5, 0.6) is 0 Å². The molecule has 0 aromatic carbocycles. The molecule has 0 amide bonds. The molecule has 0 heterocycles. The molecule has 0 radical (unpaired) electrons. The van der Waals surface area contributed by atoms with Crippen LogP contribution in [0, 0.1) is 23.7 Å². The highest BCUT2D eigenvalue weighted by atomic mass is 14.6. The van der Waals surface area contributed by atoms with Gasteiger partial charge in [-0.05, 0) is 19.3 Å². The normalized spacial score (nSPS) is 29.7. The average Bonchev–Trinajstić information content (AvgIpc) is 2.01. The fourth-order valence-electron chi connectivity index (χ4n) is 1.64. The Bertz CT molecular complexity index is 185. The van der Waals surface area contributed by atoms with Gasteiger partial charge in [-0.1, -0.05) is 26.2 Å². The third-order valence-electron chi connectivity index (χ3n) is 2.29. The average molecular weight is 165 g/mol. The summed E-state index contributed by atoms with van der Waals surface area (Å²) in [5, 5.41) is 0. The minimum atomic E-state index is 0.408. The van der Waals surface area contributed by atoms with Crippen molar-refractivity contribution in [1.29, 1.82) is 0 Å². The Hall–Kier alpha value is -0.480. The maximum Gasteiger partial charge on any atom is 0.0217 e. The summed E-state index contributed by atoms with van der Waals surface area (Å²) in [5.41, 5.74) is 5.86. The van der Waals surface area contributed by atoms with Crippen molar-refractivity contribution >= 4 is 0 Å². The Labute approximate surface area is 75.7 Å². The van der Waals surface area contributed by atoms with E-state index in [4.69, 9.17) is 5.73 Å². The van der Waals surface area contributed by atoms with E-state index in [-0.39, 0.29) is 0 Å². The van der Waals surface area contributed by atoms with Crippen LogP contribution in [0.15, 0.2) is 0 Å². The van der Waals surface area contributed by atoms with Gasteiger partial charge in [0.1, 0.15) is 0 Å². The fourth-order valence-corrected chi connectivity index (χ4v) is 1.64. The third kappa shape index (κ3) is 3.28. The van der Waals surface area contributed by atoms with E-state index in [1.54, 1.807) is 0 Å². The summed E-state index contributed by atoms with van der Waals surface area (Å²) in [5.74, 6) is 7.63. The van der Waals surface area contributed by atoms with Crippen molar-refractivity contribution in [3.8, 4) is 11.8 Å². The highest BCUT2D eigenvalue weighted by molar-refractivity contribution is 5.07. The molecule has 2 atom stereocenters. The molecule has 0 spiro atoms. The van der Waals surface area contributed by atoms with Crippen molar-refractivity contribution in [3.05, 3.63) is 0 Å². The first-order valence-electron chi connectivity index (χ1n) is 4.95. The van der Waals surface area contributed by atoms with Crippen molar-refractivity contribution in [1.82, 2.24) is 0 Å². The SMILES string of the molecule is CC(C)C#CC1CCCC(N)C1. The van der Waals surface area contributed by atoms with Crippen LogP contribution in [-0.4, -0.2) is 6.04 Å². The van der Waals surface area contributed by atoms with Crippen LogP contribution >= 0.6 is 0 Å². The second kappa shape index (κ2) is 4.52. The van der Waals surface area contributed by atoms with Crippen molar-refractivity contribution in [2.24, 2.45) is 17.6 Å². The van der Waals surface area contributed by atoms with Crippen molar-refractivity contribution in [2.45, 2.75) is 45.6 Å². The van der Waals surface area contributed by atoms with E-state index in [1.807, 2.05) is 0 Å². The lowest BCUT2D eigenvalue weighted by atomic mass is 9.86. The number of hydrogen-bond acceptors (Lipinski definition) is 1. The molecule has 0 bridgehead atoms. The zero-order valence-electron chi connectivity index (χ0n) is 8.14. The molecule has 1 nitrogen and oxygen atoms in total. The molecule has 0 saturated heterocycles. The van der Waals surface area contributed by atoms with Crippen molar-refractivity contribution < 1.29 is 0 Å². The number of nitrogens with two attached hydrogens (primary N) is 1. The van der Waals surface area contributed by atoms with E-state index in [2.05, 4.69) is 25.7 Å². The van der Waals surface area contributed by atoms with Crippen LogP contribution in [-0.2, 0) is 0 Å². The molecule has 1 rings (SSSR count). The summed E-state index contributed by atoms with van der Waals surface area (Å²) >= 11 is 0. The van der Waals surface area contributed by atoms with Gasteiger partial charge in [0, 0.05) is 17.9 Å². The molecular weight excluding hydrogens is 146 g/mol. The molecule has 12 heavy (non-hydrogen) atoms. The standard InChI is InChI=1S/C11H19N/c1-9(2)6-7-10-4-3-5-11(12)8-10/h9-11H,3-5,8,12H2,1-2H3. The molecule has 2 unspecified atom stereocenters. The summed E-state index contributed by atoms with van der Waals surface area (Å²) in [7, 11) is 0. The minimum Gasteiger partial charge on any atom is -0.328 e. The zero-order chi connectivity index (χ0) is 8.97. The van der Waals surface area contributed by atoms with Gasteiger partial charge in [0.2, 0.25) is 0 Å². The Morgan fingerprint density at radius 1 is 1.33 bits per heavy atom. The topological polar surface area (TPSA) is 26.0 Å². The van der Waals surface area contributed by atoms with Crippen molar-refractivity contribution in [2.75, 3.05) is 0 Å². The van der Waals surface area contributed by atoms with Gasteiger partial charge in [0.25, 0.3) is 0 Å². The molecule has 2 N–H and O–H groups in total. The molecule has 0 aromatic rings. The van der Waals surface area contributed by atoms with Gasteiger partial charge < -0.3 is 5.73 Å². The lowest BCUT2D eigenvalue weighted by Gasteiger charge is -2.22. The number of rotatable bonds is 0. The van der Waals surface area contributed by atoms with Gasteiger partial charge in [-0.3, -0.25) is 0 Å². The largest absolute Gasteiger partial charge is 0.328 e. The maximum absolute atomic E-state index is 5.86. The first kappa shape index (κ1) is 9.61. The molecule has 1 saturated carbocycles. The van der Waals surface area contributed by atoms with Gasteiger partial charge >= 0.3 is 0 Å². The first-order valence-corrected chi connectivity index (χ1v) is 4.95. The fraction of sp³-hybridized carbons (Fsp3) is 0.818. The second-order valence-electron chi connectivity index (χ2n) is 4.07. The molecule has 0 aliphatic heterocycles. The van der Waals surface area contributed by atoms with Crippen LogP contribution < -0.4 is 5.73 Å². The van der Waals surface area contributed by atoms with Gasteiger partial charge in [-0.2, -0.15) is 0 Å². The van der Waals surface area contributed by atoms with Gasteiger partial charge in [0.05, 0.1) is 0 Å². The summed E-state index contributed by atoms with van der Waals surface area (Å²) in [4.78, 5) is 0. The van der Waals surface area contributed by atoms with Crippen LogP contribution in [0.3, 0.4) is 0 Å². The van der Waals surface area contributed by atoms with E-state index in [9.17, 15) is 0 Å². The van der Waals surface area contributed by atoms with Crippen molar-refractivity contribution in [3.63, 3.8) is 0 Å². The zero-order valence-corrected chi connectivity index (χ0v) is 8.14. The molecule has 1 aliphatic carbocycles. The summed E-state index contributed by atoms with van der Waals surface area (Å²) in [6, 6.07) is 0.408. The van der Waals surface area contributed by atoms with E-state index in [1.165, 1.54) is 19.3 Å². The van der Waals surface area contributed by atoms with Gasteiger partial charge in [-0.25, -0.2) is 0 Å². The minimum absolute atomic E-state index is 0.408. The highest BCUT2D eigenvalue weighted by Crippen LogP contribution is 2.22. The Balaban J connectivity index is 2.38. The lowest BCUT2D eigenvalue weighted by molar-refractivity contribution is 0.381. The predicted octanol–water partition coefficient (Wildman–Crippen LogP) is 2.16. The quantitative estimate of drug-likeness (QED) is 0.547. The molecule has 68 valence electrons. The van der Waals surface area contributed by atoms with Crippen LogP contribution in [0.2, 0.25) is 0 Å². The number of hydrogen-bond donors (Lipinski definition) is 1. The van der Waals surface area contributed by atoms with E-state index >= 15 is 0 Å². The summed E-state index contributed by atoms with van der Waals surface area (Å²) in [6.07, 6.45) is 4.83. The van der Waals surface area contributed by atoms with Crippen LogP contribution in [0.1, 0.15) is 39.5 Å². The van der Waals surface area contributed by atoms with Gasteiger partial charge in [0.15, 0.2) is 0 Å². The van der Waals surface area contributed by atoms with E-state index in [0.717, 1.165) is 6.42 Å². The van der Waals surface area contributed by atoms with Gasteiger partial charge in [-0.15, -0.1) is 5.92 Å². The lowest BCUT2D eigenvalue weighted by Crippen LogP contribution is -2.27. The molecule has 1 aliphatic rings. The maximum atomic E-state index is 5.86. The van der Waals surface area contributed by atoms with E-state index in [0.29, 0.717) is 17.9 Å². The van der Waals surface area contributed by atoms with Crippen LogP contribution in [0.4, 0.5) is 0 Å². The molecule has 1 heteroatoms. The smallest absolute Gasteiger partial charge is 0.0217 e. The van der Waals surface area contributed by atoms with E-state index < -0.39 is 0 Å². The van der Waals surface area contributed by atoms with Crippen LogP contribution in [0.25, 0.3) is 0 Å². The second-order valence-corrected chi connectivity index (χ2v) is 4.07.